The van der Waals surface area contributed by atoms with E-state index >= 15 is 0 Å². The van der Waals surface area contributed by atoms with Crippen LogP contribution in [0.5, 0.6) is 0 Å². The molecule has 0 atom stereocenters. The first kappa shape index (κ1) is 12.7. The fourth-order valence-corrected chi connectivity index (χ4v) is 2.44. The minimum atomic E-state index is -1.01. The van der Waals surface area contributed by atoms with Crippen molar-refractivity contribution < 1.29 is 9.90 Å². The number of hydrogen-bond donors (Lipinski definition) is 1. The summed E-state index contributed by atoms with van der Waals surface area (Å²) in [5.41, 5.74) is 0.765. The maximum absolute atomic E-state index is 11.1. The predicted molar refractivity (Wildman–Crippen MR) is 73.1 cm³/mol. The average molecular weight is 379 g/mol. The molecule has 2 aromatic rings. The number of aromatic carboxylic acids is 1. The van der Waals surface area contributed by atoms with E-state index in [-0.39, 0.29) is 5.69 Å². The summed E-state index contributed by atoms with van der Waals surface area (Å²) in [7, 11) is 0. The van der Waals surface area contributed by atoms with Crippen LogP contribution in [0.3, 0.4) is 0 Å². The van der Waals surface area contributed by atoms with E-state index < -0.39 is 5.97 Å². The van der Waals surface area contributed by atoms with Gasteiger partial charge in [0, 0.05) is 15.1 Å². The van der Waals surface area contributed by atoms with Gasteiger partial charge in [0.25, 0.3) is 0 Å². The van der Waals surface area contributed by atoms with Crippen molar-refractivity contribution in [2.75, 3.05) is 0 Å². The highest BCUT2D eigenvalue weighted by molar-refractivity contribution is 9.10. The number of carboxylic acids is 1. The third kappa shape index (κ3) is 2.56. The number of rotatable bonds is 2. The minimum Gasteiger partial charge on any atom is -0.477 e. The summed E-state index contributed by atoms with van der Waals surface area (Å²) in [6.07, 6.45) is 1.66. The summed E-state index contributed by atoms with van der Waals surface area (Å²) >= 11 is 12.7. The summed E-state index contributed by atoms with van der Waals surface area (Å²) in [6.45, 7) is 0. The van der Waals surface area contributed by atoms with E-state index in [1.807, 2.05) is 0 Å². The Bertz CT molecular complexity index is 595. The normalized spacial score (nSPS) is 10.5. The molecule has 0 amide bonds. The number of carbonyl (C=O) groups is 1. The maximum Gasteiger partial charge on any atom is 0.352 e. The van der Waals surface area contributed by atoms with Gasteiger partial charge in [-0.05, 0) is 40.2 Å². The molecule has 1 N–H and O–H groups in total. The highest BCUT2D eigenvalue weighted by Gasteiger charge is 2.15. The number of aromatic nitrogens is 1. The molecule has 0 aliphatic heterocycles. The number of carboxylic acid groups (broad SMARTS) is 1. The van der Waals surface area contributed by atoms with Crippen molar-refractivity contribution in [2.24, 2.45) is 0 Å². The van der Waals surface area contributed by atoms with Crippen LogP contribution in [-0.2, 0) is 0 Å². The van der Waals surface area contributed by atoms with E-state index in [4.69, 9.17) is 16.7 Å². The largest absolute Gasteiger partial charge is 0.477 e. The summed E-state index contributed by atoms with van der Waals surface area (Å²) < 4.78 is 3.04. The van der Waals surface area contributed by atoms with Crippen LogP contribution in [0.25, 0.3) is 5.69 Å². The Balaban J connectivity index is 2.67. The van der Waals surface area contributed by atoms with Gasteiger partial charge in [-0.1, -0.05) is 27.5 Å². The Morgan fingerprint density at radius 2 is 1.94 bits per heavy atom. The van der Waals surface area contributed by atoms with Gasteiger partial charge in [0.15, 0.2) is 0 Å². The van der Waals surface area contributed by atoms with E-state index in [2.05, 4.69) is 31.9 Å². The molecule has 0 aliphatic carbocycles. The van der Waals surface area contributed by atoms with Crippen LogP contribution in [0.2, 0.25) is 5.02 Å². The van der Waals surface area contributed by atoms with E-state index in [1.165, 1.54) is 10.6 Å². The van der Waals surface area contributed by atoms with E-state index in [9.17, 15) is 4.79 Å². The van der Waals surface area contributed by atoms with Gasteiger partial charge < -0.3 is 9.67 Å². The first-order valence-corrected chi connectivity index (χ1v) is 6.52. The number of halogens is 3. The van der Waals surface area contributed by atoms with Crippen LogP contribution in [-0.4, -0.2) is 15.6 Å². The molecule has 17 heavy (non-hydrogen) atoms. The van der Waals surface area contributed by atoms with Crippen LogP contribution < -0.4 is 0 Å². The van der Waals surface area contributed by atoms with Crippen LogP contribution >= 0.6 is 43.5 Å². The third-order valence-corrected chi connectivity index (χ3v) is 3.42. The molecule has 0 unspecified atom stereocenters. The van der Waals surface area contributed by atoms with Crippen molar-refractivity contribution in [2.45, 2.75) is 0 Å². The first-order valence-electron chi connectivity index (χ1n) is 4.55. The van der Waals surface area contributed by atoms with Crippen molar-refractivity contribution >= 4 is 49.4 Å². The molecule has 0 saturated heterocycles. The first-order chi connectivity index (χ1) is 7.99. The SMILES string of the molecule is O=C(O)c1cc(Br)cn1-c1cc(Br)ccc1Cl. The Labute approximate surface area is 119 Å². The van der Waals surface area contributed by atoms with E-state index in [1.54, 1.807) is 24.4 Å². The maximum atomic E-state index is 11.1. The molecule has 88 valence electrons. The van der Waals surface area contributed by atoms with Crippen LogP contribution in [0.15, 0.2) is 39.4 Å². The highest BCUT2D eigenvalue weighted by atomic mass is 79.9. The van der Waals surface area contributed by atoms with Crippen molar-refractivity contribution in [1.29, 1.82) is 0 Å². The number of nitrogens with zero attached hydrogens (tertiary/aromatic N) is 1. The Hall–Kier alpha value is -0.780. The Kier molecular flexibility index (Phi) is 3.61. The summed E-state index contributed by atoms with van der Waals surface area (Å²) in [5.74, 6) is -1.01. The zero-order valence-corrected chi connectivity index (χ0v) is 12.3. The second kappa shape index (κ2) is 4.84. The molecule has 0 spiro atoms. The van der Waals surface area contributed by atoms with Crippen molar-refractivity contribution in [3.05, 3.63) is 50.1 Å². The van der Waals surface area contributed by atoms with Gasteiger partial charge in [-0.3, -0.25) is 0 Å². The number of benzene rings is 1. The van der Waals surface area contributed by atoms with Gasteiger partial charge >= 0.3 is 5.97 Å². The van der Waals surface area contributed by atoms with Crippen LogP contribution in [0, 0.1) is 0 Å². The third-order valence-electron chi connectivity index (χ3n) is 2.17. The molecule has 1 aromatic heterocycles. The molecule has 1 aromatic carbocycles. The van der Waals surface area contributed by atoms with Gasteiger partial charge in [0.2, 0.25) is 0 Å². The van der Waals surface area contributed by atoms with Crippen molar-refractivity contribution in [3.63, 3.8) is 0 Å². The molecule has 3 nitrogen and oxygen atoms in total. The molecule has 0 aliphatic rings. The molecule has 0 fully saturated rings. The fourth-order valence-electron chi connectivity index (χ4n) is 1.46. The molecule has 0 radical (unpaired) electrons. The van der Waals surface area contributed by atoms with E-state index in [0.717, 1.165) is 4.47 Å². The second-order valence-electron chi connectivity index (χ2n) is 3.31. The lowest BCUT2D eigenvalue weighted by Crippen LogP contribution is -2.06. The fraction of sp³-hybridized carbons (Fsp3) is 0. The smallest absolute Gasteiger partial charge is 0.352 e. The molecular formula is C11H6Br2ClNO2. The zero-order valence-electron chi connectivity index (χ0n) is 8.32. The van der Waals surface area contributed by atoms with Gasteiger partial charge in [0.05, 0.1) is 10.7 Å². The van der Waals surface area contributed by atoms with Crippen LogP contribution in [0.1, 0.15) is 10.5 Å². The van der Waals surface area contributed by atoms with Crippen LogP contribution in [0.4, 0.5) is 0 Å². The lowest BCUT2D eigenvalue weighted by atomic mass is 10.3. The minimum absolute atomic E-state index is 0.150. The van der Waals surface area contributed by atoms with Gasteiger partial charge in [-0.25, -0.2) is 4.79 Å². The zero-order chi connectivity index (χ0) is 12.6. The quantitative estimate of drug-likeness (QED) is 0.843. The molecule has 0 bridgehead atoms. The monoisotopic (exact) mass is 377 g/mol. The topological polar surface area (TPSA) is 42.2 Å². The summed E-state index contributed by atoms with van der Waals surface area (Å²) in [4.78, 5) is 11.1. The van der Waals surface area contributed by atoms with Crippen molar-refractivity contribution in [1.82, 2.24) is 4.57 Å². The predicted octanol–water partition coefficient (Wildman–Crippen LogP) is 4.35. The summed E-state index contributed by atoms with van der Waals surface area (Å²) in [5, 5.41) is 9.59. The average Bonchev–Trinajstić information content (AvgIpc) is 2.64. The lowest BCUT2D eigenvalue weighted by Gasteiger charge is -2.08. The number of hydrogen-bond acceptors (Lipinski definition) is 1. The molecule has 0 saturated carbocycles. The Morgan fingerprint density at radius 1 is 1.24 bits per heavy atom. The van der Waals surface area contributed by atoms with E-state index in [0.29, 0.717) is 15.2 Å². The van der Waals surface area contributed by atoms with Gasteiger partial charge in [0.1, 0.15) is 5.69 Å². The Morgan fingerprint density at radius 3 is 2.59 bits per heavy atom. The van der Waals surface area contributed by atoms with Gasteiger partial charge in [-0.2, -0.15) is 0 Å². The molecule has 6 heteroatoms. The second-order valence-corrected chi connectivity index (χ2v) is 5.55. The standard InChI is InChI=1S/C11H6Br2ClNO2/c12-6-1-2-8(14)9(3-6)15-5-7(13)4-10(15)11(16)17/h1-5H,(H,16,17). The summed E-state index contributed by atoms with van der Waals surface area (Å²) in [6, 6.07) is 6.80. The van der Waals surface area contributed by atoms with Crippen molar-refractivity contribution in [3.8, 4) is 5.69 Å². The molecule has 1 heterocycles. The lowest BCUT2D eigenvalue weighted by molar-refractivity contribution is 0.0688. The highest BCUT2D eigenvalue weighted by Crippen LogP contribution is 2.28. The van der Waals surface area contributed by atoms with Gasteiger partial charge in [-0.15, -0.1) is 0 Å². The molecule has 2 rings (SSSR count). The molecular weight excluding hydrogens is 373 g/mol.